The number of ether oxygens (including phenoxy) is 4. The Bertz CT molecular complexity index is 856. The van der Waals surface area contributed by atoms with E-state index in [-0.39, 0.29) is 6.17 Å². The molecule has 2 N–H and O–H groups in total. The Morgan fingerprint density at radius 3 is 2.23 bits per heavy atom. The normalized spacial score (nSPS) is 18.2. The van der Waals surface area contributed by atoms with Crippen LogP contribution in [-0.2, 0) is 4.74 Å². The van der Waals surface area contributed by atoms with Crippen LogP contribution in [0, 0.1) is 0 Å². The highest BCUT2D eigenvalue weighted by atomic mass is 16.5. The molecule has 160 valence electrons. The first-order chi connectivity index (χ1) is 14.7. The van der Waals surface area contributed by atoms with Crippen LogP contribution in [0.2, 0.25) is 0 Å². The minimum absolute atomic E-state index is 0.0390. The number of hydrogen-bond donors (Lipinski definition) is 2. The minimum Gasteiger partial charge on any atom is -0.493 e. The molecule has 2 aliphatic rings. The number of morpholine rings is 1. The molecule has 0 aliphatic carbocycles. The molecule has 1 fully saturated rings. The summed E-state index contributed by atoms with van der Waals surface area (Å²) in [6, 6.07) is 12.4. The van der Waals surface area contributed by atoms with Gasteiger partial charge in [-0.1, -0.05) is 12.1 Å². The molecule has 0 radical (unpaired) electrons. The third kappa shape index (κ3) is 4.04. The van der Waals surface area contributed by atoms with Gasteiger partial charge in [-0.15, -0.1) is 0 Å². The second kappa shape index (κ2) is 9.04. The third-order valence-corrected chi connectivity index (χ3v) is 5.28. The first kappa shape index (κ1) is 20.0. The van der Waals surface area contributed by atoms with Gasteiger partial charge in [-0.2, -0.15) is 0 Å². The van der Waals surface area contributed by atoms with Gasteiger partial charge in [0.15, 0.2) is 11.5 Å². The van der Waals surface area contributed by atoms with E-state index >= 15 is 0 Å². The molecule has 0 aromatic heterocycles. The van der Waals surface area contributed by atoms with Crippen molar-refractivity contribution in [1.82, 2.24) is 10.3 Å². The topological polar surface area (TPSA) is 67.5 Å². The van der Waals surface area contributed by atoms with Crippen LogP contribution in [0.1, 0.15) is 11.7 Å². The van der Waals surface area contributed by atoms with Crippen LogP contribution in [-0.4, -0.2) is 52.6 Å². The molecule has 8 heteroatoms. The molecule has 1 atom stereocenters. The van der Waals surface area contributed by atoms with E-state index in [1.54, 1.807) is 21.3 Å². The van der Waals surface area contributed by atoms with Crippen molar-refractivity contribution in [2.45, 2.75) is 6.17 Å². The van der Waals surface area contributed by atoms with E-state index in [1.165, 1.54) is 5.69 Å². The Morgan fingerprint density at radius 2 is 1.63 bits per heavy atom. The minimum atomic E-state index is -0.0390. The summed E-state index contributed by atoms with van der Waals surface area (Å²) in [4.78, 5) is 2.35. The van der Waals surface area contributed by atoms with Crippen molar-refractivity contribution in [3.8, 4) is 17.2 Å². The largest absolute Gasteiger partial charge is 0.493 e. The molecule has 1 saturated heterocycles. The monoisotopic (exact) mass is 412 g/mol. The Morgan fingerprint density at radius 1 is 0.967 bits per heavy atom. The summed E-state index contributed by atoms with van der Waals surface area (Å²) in [5.74, 6) is 1.76. The average Bonchev–Trinajstić information content (AvgIpc) is 3.27. The maximum atomic E-state index is 5.46. The van der Waals surface area contributed by atoms with E-state index in [4.69, 9.17) is 18.9 Å². The fourth-order valence-corrected chi connectivity index (χ4v) is 3.72. The molecule has 2 heterocycles. The van der Waals surface area contributed by atoms with Crippen LogP contribution >= 0.6 is 0 Å². The molecule has 1 unspecified atom stereocenters. The highest BCUT2D eigenvalue weighted by molar-refractivity contribution is 5.62. The van der Waals surface area contributed by atoms with Crippen molar-refractivity contribution in [2.24, 2.45) is 0 Å². The number of benzene rings is 2. The first-order valence-electron chi connectivity index (χ1n) is 9.94. The van der Waals surface area contributed by atoms with E-state index in [0.717, 1.165) is 37.6 Å². The van der Waals surface area contributed by atoms with E-state index in [2.05, 4.69) is 39.9 Å². The summed E-state index contributed by atoms with van der Waals surface area (Å²) in [7, 11) is 4.81. The van der Waals surface area contributed by atoms with Gasteiger partial charge < -0.3 is 29.2 Å². The van der Waals surface area contributed by atoms with Crippen LogP contribution in [0.3, 0.4) is 0 Å². The lowest BCUT2D eigenvalue weighted by Crippen LogP contribution is -2.36. The van der Waals surface area contributed by atoms with Gasteiger partial charge >= 0.3 is 0 Å². The standard InChI is InChI=1S/C22H28N4O4/c1-27-19-14-17(15-20(28-2)21(19)29-3)24-26-9-8-23-22(26)16-4-6-18(7-5-16)25-10-12-30-13-11-25/h4-9,14-15,22-24H,10-13H2,1-3H3. The van der Waals surface area contributed by atoms with Crippen LogP contribution < -0.4 is 29.9 Å². The van der Waals surface area contributed by atoms with Gasteiger partial charge in [-0.3, -0.25) is 10.4 Å². The summed E-state index contributed by atoms with van der Waals surface area (Å²) in [5, 5.41) is 5.39. The second-order valence-corrected chi connectivity index (χ2v) is 7.01. The Labute approximate surface area is 176 Å². The van der Waals surface area contributed by atoms with Crippen molar-refractivity contribution in [3.63, 3.8) is 0 Å². The van der Waals surface area contributed by atoms with Gasteiger partial charge in [0.25, 0.3) is 0 Å². The fraction of sp³-hybridized carbons (Fsp3) is 0.364. The molecule has 2 aromatic rings. The molecular weight excluding hydrogens is 384 g/mol. The molecule has 8 nitrogen and oxygen atoms in total. The summed E-state index contributed by atoms with van der Waals surface area (Å²) in [5.41, 5.74) is 6.61. The Balaban J connectivity index is 1.50. The van der Waals surface area contributed by atoms with Gasteiger partial charge in [-0.05, 0) is 17.7 Å². The van der Waals surface area contributed by atoms with Crippen LogP contribution in [0.25, 0.3) is 0 Å². The molecule has 0 amide bonds. The van der Waals surface area contributed by atoms with Gasteiger partial charge in [0.1, 0.15) is 6.17 Å². The molecule has 0 saturated carbocycles. The maximum Gasteiger partial charge on any atom is 0.203 e. The number of hydrazine groups is 1. The zero-order chi connectivity index (χ0) is 20.9. The second-order valence-electron chi connectivity index (χ2n) is 7.01. The third-order valence-electron chi connectivity index (χ3n) is 5.28. The summed E-state index contributed by atoms with van der Waals surface area (Å²) >= 11 is 0. The first-order valence-corrected chi connectivity index (χ1v) is 9.94. The highest BCUT2D eigenvalue weighted by Gasteiger charge is 2.22. The summed E-state index contributed by atoms with van der Waals surface area (Å²) in [6.07, 6.45) is 3.85. The number of methoxy groups -OCH3 is 3. The highest BCUT2D eigenvalue weighted by Crippen LogP contribution is 2.40. The number of anilines is 2. The van der Waals surface area contributed by atoms with Crippen LogP contribution in [0.5, 0.6) is 17.2 Å². The number of hydrogen-bond acceptors (Lipinski definition) is 8. The average molecular weight is 412 g/mol. The van der Waals surface area contributed by atoms with Gasteiger partial charge in [-0.25, -0.2) is 0 Å². The van der Waals surface area contributed by atoms with Gasteiger partial charge in [0.05, 0.1) is 40.2 Å². The van der Waals surface area contributed by atoms with Crippen molar-refractivity contribution in [2.75, 3.05) is 58.0 Å². The van der Waals surface area contributed by atoms with Gasteiger partial charge in [0.2, 0.25) is 5.75 Å². The Hall–Kier alpha value is -3.26. The zero-order valence-electron chi connectivity index (χ0n) is 17.6. The quantitative estimate of drug-likeness (QED) is 0.720. The maximum absolute atomic E-state index is 5.46. The number of nitrogens with zero attached hydrogens (tertiary/aromatic N) is 2. The van der Waals surface area contributed by atoms with E-state index in [1.807, 2.05) is 29.5 Å². The van der Waals surface area contributed by atoms with Crippen molar-refractivity contribution >= 4 is 11.4 Å². The molecule has 2 aromatic carbocycles. The molecule has 30 heavy (non-hydrogen) atoms. The van der Waals surface area contributed by atoms with Crippen LogP contribution in [0.15, 0.2) is 48.8 Å². The lowest BCUT2D eigenvalue weighted by Gasteiger charge is -2.30. The number of nitrogens with one attached hydrogen (secondary N) is 2. The van der Waals surface area contributed by atoms with Crippen molar-refractivity contribution < 1.29 is 18.9 Å². The van der Waals surface area contributed by atoms with Gasteiger partial charge in [0, 0.05) is 43.3 Å². The smallest absolute Gasteiger partial charge is 0.203 e. The molecule has 4 rings (SSSR count). The lowest BCUT2D eigenvalue weighted by atomic mass is 10.1. The van der Waals surface area contributed by atoms with E-state index < -0.39 is 0 Å². The van der Waals surface area contributed by atoms with Crippen molar-refractivity contribution in [3.05, 3.63) is 54.4 Å². The van der Waals surface area contributed by atoms with E-state index in [9.17, 15) is 0 Å². The molecular formula is C22H28N4O4. The predicted octanol–water partition coefficient (Wildman–Crippen LogP) is 2.95. The van der Waals surface area contributed by atoms with Crippen molar-refractivity contribution in [1.29, 1.82) is 0 Å². The van der Waals surface area contributed by atoms with Crippen LogP contribution in [0.4, 0.5) is 11.4 Å². The molecule has 2 aliphatic heterocycles. The number of rotatable bonds is 7. The fourth-order valence-electron chi connectivity index (χ4n) is 3.72. The predicted molar refractivity (Wildman–Crippen MR) is 116 cm³/mol. The summed E-state index contributed by atoms with van der Waals surface area (Å²) in [6.45, 7) is 3.42. The summed E-state index contributed by atoms with van der Waals surface area (Å²) < 4.78 is 21.8. The SMILES string of the molecule is COc1cc(NN2C=CNC2c2ccc(N3CCOCC3)cc2)cc(OC)c1OC. The zero-order valence-corrected chi connectivity index (χ0v) is 17.6. The molecule has 0 spiro atoms. The lowest BCUT2D eigenvalue weighted by molar-refractivity contribution is 0.122. The van der Waals surface area contributed by atoms with E-state index in [0.29, 0.717) is 17.2 Å². The Kier molecular flexibility index (Phi) is 6.04. The molecule has 0 bridgehead atoms.